The molecule has 2 aromatic carbocycles. The standard InChI is InChI=1S/C30H32FN3O5S/c1-30(2,3)39-29(37)32-14-12-21(13-15-32)34-27(35)26-23(33(28(34)36)18-19-8-6-5-7-9-19)17-25(40-26)22-11-10-20(31)16-24(22)38-4/h5-11,16-17,21H,12-15,18H2,1-4H3. The fourth-order valence-electron chi connectivity index (χ4n) is 5.04. The summed E-state index contributed by atoms with van der Waals surface area (Å²) in [6, 6.07) is 15.3. The van der Waals surface area contributed by atoms with Crippen LogP contribution < -0.4 is 16.0 Å². The summed E-state index contributed by atoms with van der Waals surface area (Å²) in [4.78, 5) is 42.7. The number of piperidine rings is 1. The first-order chi connectivity index (χ1) is 19.1. The molecule has 0 spiro atoms. The van der Waals surface area contributed by atoms with Gasteiger partial charge in [-0.2, -0.15) is 0 Å². The van der Waals surface area contributed by atoms with Crippen molar-refractivity contribution in [3.05, 3.63) is 86.8 Å². The van der Waals surface area contributed by atoms with Gasteiger partial charge in [-0.3, -0.25) is 13.9 Å². The molecule has 3 heterocycles. The Morgan fingerprint density at radius 3 is 2.40 bits per heavy atom. The van der Waals surface area contributed by atoms with Crippen molar-refractivity contribution in [3.63, 3.8) is 0 Å². The van der Waals surface area contributed by atoms with Gasteiger partial charge in [0.15, 0.2) is 0 Å². The zero-order chi connectivity index (χ0) is 28.6. The van der Waals surface area contributed by atoms with E-state index in [1.807, 2.05) is 51.1 Å². The number of hydrogen-bond acceptors (Lipinski definition) is 6. The van der Waals surface area contributed by atoms with Gasteiger partial charge >= 0.3 is 11.8 Å². The third-order valence-electron chi connectivity index (χ3n) is 6.95. The first-order valence-corrected chi connectivity index (χ1v) is 14.0. The van der Waals surface area contributed by atoms with Gasteiger partial charge in [0.2, 0.25) is 0 Å². The number of nitrogens with zero attached hydrogens (tertiary/aromatic N) is 3. The number of fused-ring (bicyclic) bond motifs is 1. The van der Waals surface area contributed by atoms with Gasteiger partial charge < -0.3 is 14.4 Å². The summed E-state index contributed by atoms with van der Waals surface area (Å²) < 4.78 is 28.2. The Bertz CT molecular complexity index is 1660. The van der Waals surface area contributed by atoms with E-state index in [1.54, 1.807) is 21.6 Å². The van der Waals surface area contributed by atoms with E-state index in [4.69, 9.17) is 9.47 Å². The average molecular weight is 566 g/mol. The molecule has 0 aliphatic carbocycles. The molecule has 1 aliphatic heterocycles. The number of halogens is 1. The van der Waals surface area contributed by atoms with Gasteiger partial charge in [0.1, 0.15) is 21.9 Å². The lowest BCUT2D eigenvalue weighted by molar-refractivity contribution is 0.0186. The Kier molecular flexibility index (Phi) is 7.55. The van der Waals surface area contributed by atoms with Crippen LogP contribution in [0.15, 0.2) is 64.2 Å². The van der Waals surface area contributed by atoms with Gasteiger partial charge in [-0.25, -0.2) is 14.0 Å². The zero-order valence-corrected chi connectivity index (χ0v) is 23.8. The summed E-state index contributed by atoms with van der Waals surface area (Å²) in [6.07, 6.45) is 0.510. The monoisotopic (exact) mass is 565 g/mol. The summed E-state index contributed by atoms with van der Waals surface area (Å²) in [5, 5.41) is 0. The van der Waals surface area contributed by atoms with Crippen LogP contribution >= 0.6 is 11.3 Å². The van der Waals surface area contributed by atoms with Crippen molar-refractivity contribution in [2.75, 3.05) is 20.2 Å². The predicted octanol–water partition coefficient (Wildman–Crippen LogP) is 5.66. The number of thiophene rings is 1. The lowest BCUT2D eigenvalue weighted by atomic mass is 10.1. The quantitative estimate of drug-likeness (QED) is 0.312. The number of rotatable bonds is 5. The molecule has 4 aromatic rings. The normalized spacial score (nSPS) is 14.5. The van der Waals surface area contributed by atoms with E-state index in [0.29, 0.717) is 52.3 Å². The number of carbonyl (C=O) groups is 1. The maximum absolute atomic E-state index is 14.0. The summed E-state index contributed by atoms with van der Waals surface area (Å²) in [6.45, 7) is 6.49. The largest absolute Gasteiger partial charge is 0.496 e. The van der Waals surface area contributed by atoms with Crippen molar-refractivity contribution in [1.82, 2.24) is 14.0 Å². The minimum atomic E-state index is -0.606. The SMILES string of the molecule is COc1cc(F)ccc1-c1cc2c(s1)c(=O)n(C1CCN(C(=O)OC(C)(C)C)CC1)c(=O)n2Cc1ccccc1. The predicted molar refractivity (Wildman–Crippen MR) is 154 cm³/mol. The van der Waals surface area contributed by atoms with Crippen molar-refractivity contribution >= 4 is 27.6 Å². The van der Waals surface area contributed by atoms with Crippen LogP contribution in [0.4, 0.5) is 9.18 Å². The summed E-state index contributed by atoms with van der Waals surface area (Å²) in [5.41, 5.74) is 0.714. The molecule has 2 aromatic heterocycles. The molecule has 40 heavy (non-hydrogen) atoms. The van der Waals surface area contributed by atoms with E-state index in [-0.39, 0.29) is 18.1 Å². The van der Waals surface area contributed by atoms with E-state index in [0.717, 1.165) is 5.56 Å². The number of hydrogen-bond donors (Lipinski definition) is 0. The molecule has 0 radical (unpaired) electrons. The van der Waals surface area contributed by atoms with Crippen molar-refractivity contribution in [1.29, 1.82) is 0 Å². The molecular weight excluding hydrogens is 533 g/mol. The van der Waals surface area contributed by atoms with E-state index < -0.39 is 23.2 Å². The highest BCUT2D eigenvalue weighted by molar-refractivity contribution is 7.22. The Balaban J connectivity index is 1.58. The molecule has 5 rings (SSSR count). The highest BCUT2D eigenvalue weighted by atomic mass is 32.1. The minimum absolute atomic E-state index is 0.282. The Labute approximate surface area is 235 Å². The second-order valence-corrected chi connectivity index (χ2v) is 11.9. The zero-order valence-electron chi connectivity index (χ0n) is 23.0. The summed E-state index contributed by atoms with van der Waals surface area (Å²) in [5.74, 6) is -0.0823. The number of aromatic nitrogens is 2. The van der Waals surface area contributed by atoms with Crippen LogP contribution in [0, 0.1) is 5.82 Å². The third-order valence-corrected chi connectivity index (χ3v) is 8.09. The van der Waals surface area contributed by atoms with Crippen LogP contribution in [0.1, 0.15) is 45.2 Å². The van der Waals surface area contributed by atoms with Crippen molar-refractivity contribution in [2.45, 2.75) is 51.8 Å². The van der Waals surface area contributed by atoms with Crippen LogP contribution in [0.3, 0.4) is 0 Å². The number of methoxy groups -OCH3 is 1. The molecule has 0 bridgehead atoms. The molecule has 1 saturated heterocycles. The van der Waals surface area contributed by atoms with Gasteiger partial charge in [-0.15, -0.1) is 11.3 Å². The Morgan fingerprint density at radius 2 is 1.75 bits per heavy atom. The van der Waals surface area contributed by atoms with Gasteiger partial charge in [0, 0.05) is 35.6 Å². The highest BCUT2D eigenvalue weighted by Gasteiger charge is 2.30. The molecule has 1 amide bonds. The minimum Gasteiger partial charge on any atom is -0.496 e. The molecule has 0 unspecified atom stereocenters. The van der Waals surface area contributed by atoms with Gasteiger partial charge in [-0.1, -0.05) is 30.3 Å². The van der Waals surface area contributed by atoms with E-state index in [2.05, 4.69) is 0 Å². The topological polar surface area (TPSA) is 82.8 Å². The van der Waals surface area contributed by atoms with Crippen LogP contribution in [0.5, 0.6) is 5.75 Å². The van der Waals surface area contributed by atoms with Crippen LogP contribution in [0.25, 0.3) is 20.7 Å². The van der Waals surface area contributed by atoms with Gasteiger partial charge in [0.05, 0.1) is 19.2 Å². The summed E-state index contributed by atoms with van der Waals surface area (Å²) in [7, 11) is 1.47. The summed E-state index contributed by atoms with van der Waals surface area (Å²) >= 11 is 1.26. The lowest BCUT2D eigenvalue weighted by Crippen LogP contribution is -2.47. The first-order valence-electron chi connectivity index (χ1n) is 13.2. The van der Waals surface area contributed by atoms with Crippen LogP contribution in [-0.4, -0.2) is 45.9 Å². The molecule has 0 saturated carbocycles. The second-order valence-electron chi connectivity index (χ2n) is 10.9. The smallest absolute Gasteiger partial charge is 0.410 e. The maximum Gasteiger partial charge on any atom is 0.410 e. The molecule has 10 heteroatoms. The van der Waals surface area contributed by atoms with Gasteiger partial charge in [-0.05, 0) is 57.4 Å². The van der Waals surface area contributed by atoms with Crippen molar-refractivity contribution < 1.29 is 18.7 Å². The number of benzene rings is 2. The molecule has 210 valence electrons. The Hall–Kier alpha value is -3.92. The fourth-order valence-corrected chi connectivity index (χ4v) is 6.17. The fraction of sp³-hybridized carbons (Fsp3) is 0.367. The molecule has 0 atom stereocenters. The van der Waals surface area contributed by atoms with Gasteiger partial charge in [0.25, 0.3) is 5.56 Å². The highest BCUT2D eigenvalue weighted by Crippen LogP contribution is 2.37. The van der Waals surface area contributed by atoms with E-state index in [9.17, 15) is 18.8 Å². The number of carbonyl (C=O) groups excluding carboxylic acids is 1. The molecule has 1 aliphatic rings. The average Bonchev–Trinajstić information content (AvgIpc) is 3.36. The second kappa shape index (κ2) is 10.9. The number of amides is 1. The maximum atomic E-state index is 14.0. The van der Waals surface area contributed by atoms with Crippen molar-refractivity contribution in [3.8, 4) is 16.2 Å². The Morgan fingerprint density at radius 1 is 1.05 bits per heavy atom. The number of likely N-dealkylation sites (tertiary alicyclic amines) is 1. The number of ether oxygens (including phenoxy) is 2. The molecule has 8 nitrogen and oxygen atoms in total. The first kappa shape index (κ1) is 27.6. The lowest BCUT2D eigenvalue weighted by Gasteiger charge is -2.34. The van der Waals surface area contributed by atoms with Crippen LogP contribution in [-0.2, 0) is 11.3 Å². The molecule has 1 fully saturated rings. The molecule has 0 N–H and O–H groups in total. The molecular formula is C30H32FN3O5S. The van der Waals surface area contributed by atoms with E-state index in [1.165, 1.54) is 35.1 Å². The van der Waals surface area contributed by atoms with Crippen LogP contribution in [0.2, 0.25) is 0 Å². The van der Waals surface area contributed by atoms with Crippen molar-refractivity contribution in [2.24, 2.45) is 0 Å². The third kappa shape index (κ3) is 5.54. The van der Waals surface area contributed by atoms with E-state index >= 15 is 0 Å².